The number of hydrogen-bond donors (Lipinski definition) is 2. The lowest BCUT2D eigenvalue weighted by molar-refractivity contribution is 0.170. The average Bonchev–Trinajstić information content (AvgIpc) is 3.74. The Bertz CT molecular complexity index is 1800. The van der Waals surface area contributed by atoms with Gasteiger partial charge in [0, 0.05) is 14.1 Å². The van der Waals surface area contributed by atoms with Crippen LogP contribution >= 0.6 is 0 Å². The number of rotatable bonds is 10. The van der Waals surface area contributed by atoms with Crippen LogP contribution in [0.15, 0.2) is 94.0 Å². The van der Waals surface area contributed by atoms with Gasteiger partial charge in [0.1, 0.15) is 24.2 Å². The van der Waals surface area contributed by atoms with Gasteiger partial charge < -0.3 is 19.4 Å². The lowest BCUT2D eigenvalue weighted by Crippen LogP contribution is -2.31. The Labute approximate surface area is 248 Å². The highest BCUT2D eigenvalue weighted by Gasteiger charge is 2.17. The number of nitrogens with zero attached hydrogens (tertiary/aromatic N) is 12. The van der Waals surface area contributed by atoms with Crippen molar-refractivity contribution in [3.05, 3.63) is 84.4 Å². The molecule has 0 fully saturated rings. The Morgan fingerprint density at radius 2 is 1.11 bits per heavy atom. The molecule has 4 heterocycles. The molecular formula is C27H24N14O3. The minimum absolute atomic E-state index is 0.0553. The van der Waals surface area contributed by atoms with E-state index in [4.69, 9.17) is 9.47 Å². The third-order valence-corrected chi connectivity index (χ3v) is 6.01. The zero-order chi connectivity index (χ0) is 30.3. The molecule has 0 saturated heterocycles. The molecule has 0 atom stereocenters. The van der Waals surface area contributed by atoms with E-state index >= 15 is 0 Å². The molecule has 2 N–H and O–H groups in total. The number of hydrogen-bond acceptors (Lipinski definition) is 13. The van der Waals surface area contributed by atoms with Gasteiger partial charge in [-0.15, -0.1) is 0 Å². The van der Waals surface area contributed by atoms with E-state index in [0.29, 0.717) is 22.3 Å². The second-order valence-corrected chi connectivity index (χ2v) is 9.12. The van der Waals surface area contributed by atoms with Gasteiger partial charge in [-0.25, -0.2) is 14.8 Å². The number of amides is 2. The lowest BCUT2D eigenvalue weighted by Gasteiger charge is -2.14. The fourth-order valence-corrected chi connectivity index (χ4v) is 3.84. The molecule has 0 aliphatic heterocycles. The Hall–Kier alpha value is -6.39. The number of ether oxygens (including phenoxy) is 2. The van der Waals surface area contributed by atoms with Crippen LogP contribution in [0.25, 0.3) is 22.3 Å². The summed E-state index contributed by atoms with van der Waals surface area (Å²) in [7, 11) is 2.78. The summed E-state index contributed by atoms with van der Waals surface area (Å²) < 4.78 is 11.7. The number of aromatic amines is 2. The van der Waals surface area contributed by atoms with Crippen molar-refractivity contribution in [3.8, 4) is 11.8 Å². The highest BCUT2D eigenvalue weighted by molar-refractivity contribution is 5.77. The molecule has 0 radical (unpaired) electrons. The van der Waals surface area contributed by atoms with Crippen molar-refractivity contribution in [1.29, 1.82) is 0 Å². The summed E-state index contributed by atoms with van der Waals surface area (Å²) >= 11 is 0. The van der Waals surface area contributed by atoms with Gasteiger partial charge in [-0.1, -0.05) is 81.3 Å². The van der Waals surface area contributed by atoms with Crippen LogP contribution in [0.3, 0.4) is 0 Å². The predicted molar refractivity (Wildman–Crippen MR) is 155 cm³/mol. The predicted octanol–water partition coefficient (Wildman–Crippen LogP) is 4.86. The van der Waals surface area contributed by atoms with Crippen molar-refractivity contribution in [2.24, 2.45) is 20.7 Å². The van der Waals surface area contributed by atoms with Crippen LogP contribution in [0.4, 0.5) is 16.7 Å². The number of carbonyl (C=O) groups excluding carboxylic acids is 1. The number of nitrogens with one attached hydrogen (secondary N) is 2. The molecular weight excluding hydrogens is 568 g/mol. The van der Waals surface area contributed by atoms with Crippen molar-refractivity contribution in [2.45, 2.75) is 13.2 Å². The van der Waals surface area contributed by atoms with Crippen LogP contribution < -0.4 is 9.47 Å². The number of benzene rings is 2. The molecule has 6 aromatic rings. The molecule has 17 heteroatoms. The van der Waals surface area contributed by atoms with Crippen molar-refractivity contribution >= 4 is 40.3 Å². The second-order valence-electron chi connectivity index (χ2n) is 9.12. The maximum absolute atomic E-state index is 12.9. The molecule has 0 saturated carbocycles. The first-order valence-electron chi connectivity index (χ1n) is 13.1. The lowest BCUT2D eigenvalue weighted by atomic mass is 10.2. The Morgan fingerprint density at radius 3 is 1.55 bits per heavy atom. The summed E-state index contributed by atoms with van der Waals surface area (Å²) in [4.78, 5) is 44.2. The summed E-state index contributed by atoms with van der Waals surface area (Å²) in [6.07, 6.45) is 2.94. The van der Waals surface area contributed by atoms with Crippen LogP contribution in [0.5, 0.6) is 11.8 Å². The first-order valence-corrected chi connectivity index (χ1v) is 13.1. The van der Waals surface area contributed by atoms with E-state index in [1.165, 1.54) is 26.7 Å². The molecule has 2 aromatic carbocycles. The van der Waals surface area contributed by atoms with Crippen molar-refractivity contribution in [1.82, 2.24) is 49.9 Å². The van der Waals surface area contributed by atoms with Gasteiger partial charge >= 0.3 is 6.03 Å². The standard InChI is InChI=1S/C27H24N14O3/c1-40(38-36-25-32-21-19(28-15-30-21)23(34-25)43-13-17-9-5-3-6-10-17)27(42)41(2)39-37-26-33-22-20(29-16-31-22)24(35-26)44-14-18-11-7-4-8-12-18/h3-12,15-16H,13-14H2,1-2H3,(H,28,30,32,34)(H,29,31,33,35)/b38-36+,39-37+. The number of imidazole rings is 2. The van der Waals surface area contributed by atoms with Crippen molar-refractivity contribution < 1.29 is 14.3 Å². The SMILES string of the molecule is CN(/N=N/c1nc(OCc2ccccc2)c2[nH]cnc2n1)C(=O)N(C)/N=N/c1nc(OCc2ccccc2)c2[nH]cnc2n1. The quantitative estimate of drug-likeness (QED) is 0.165. The molecule has 2 amide bonds. The van der Waals surface area contributed by atoms with Crippen molar-refractivity contribution in [3.63, 3.8) is 0 Å². The van der Waals surface area contributed by atoms with Gasteiger partial charge in [0.2, 0.25) is 11.8 Å². The minimum Gasteiger partial charge on any atom is -0.471 e. The van der Waals surface area contributed by atoms with E-state index in [1.807, 2.05) is 60.7 Å². The molecule has 0 aliphatic carbocycles. The van der Waals surface area contributed by atoms with E-state index < -0.39 is 6.03 Å². The number of carbonyl (C=O) groups is 1. The fraction of sp³-hybridized carbons (Fsp3) is 0.148. The van der Waals surface area contributed by atoms with Gasteiger partial charge in [-0.05, 0) is 11.1 Å². The smallest absolute Gasteiger partial charge is 0.363 e. The molecule has 44 heavy (non-hydrogen) atoms. The molecule has 0 spiro atoms. The van der Waals surface area contributed by atoms with E-state index in [0.717, 1.165) is 21.1 Å². The van der Waals surface area contributed by atoms with Crippen molar-refractivity contribution in [2.75, 3.05) is 14.1 Å². The third kappa shape index (κ3) is 6.40. The molecule has 4 aromatic heterocycles. The highest BCUT2D eigenvalue weighted by Crippen LogP contribution is 2.25. The van der Waals surface area contributed by atoms with E-state index in [2.05, 4.69) is 60.5 Å². The van der Waals surface area contributed by atoms with Crippen LogP contribution in [0.2, 0.25) is 0 Å². The highest BCUT2D eigenvalue weighted by atomic mass is 16.5. The fourth-order valence-electron chi connectivity index (χ4n) is 3.84. The van der Waals surface area contributed by atoms with Gasteiger partial charge in [-0.3, -0.25) is 0 Å². The van der Waals surface area contributed by atoms with Gasteiger partial charge in [0.25, 0.3) is 11.9 Å². The number of urea groups is 1. The summed E-state index contributed by atoms with van der Waals surface area (Å²) in [5.74, 6) is 0.373. The third-order valence-electron chi connectivity index (χ3n) is 6.01. The Kier molecular flexibility index (Phi) is 7.97. The normalized spacial score (nSPS) is 11.5. The minimum atomic E-state index is -0.666. The second kappa shape index (κ2) is 12.6. The maximum Gasteiger partial charge on any atom is 0.363 e. The average molecular weight is 593 g/mol. The topological polar surface area (TPSA) is 200 Å². The van der Waals surface area contributed by atoms with Crippen LogP contribution in [0, 0.1) is 0 Å². The summed E-state index contributed by atoms with van der Waals surface area (Å²) in [6.45, 7) is 0.544. The van der Waals surface area contributed by atoms with Gasteiger partial charge in [-0.2, -0.15) is 30.0 Å². The first-order chi connectivity index (χ1) is 21.5. The van der Waals surface area contributed by atoms with Gasteiger partial charge in [0.05, 0.1) is 12.7 Å². The van der Waals surface area contributed by atoms with E-state index in [9.17, 15) is 4.79 Å². The zero-order valence-electron chi connectivity index (χ0n) is 23.4. The molecule has 0 aliphatic rings. The summed E-state index contributed by atoms with van der Waals surface area (Å²) in [5.41, 5.74) is 3.59. The zero-order valence-corrected chi connectivity index (χ0v) is 23.4. The maximum atomic E-state index is 12.9. The molecule has 220 valence electrons. The van der Waals surface area contributed by atoms with E-state index in [1.54, 1.807) is 0 Å². The molecule has 0 bridgehead atoms. The van der Waals surface area contributed by atoms with Gasteiger partial charge in [0.15, 0.2) is 11.3 Å². The van der Waals surface area contributed by atoms with Crippen LogP contribution in [-0.4, -0.2) is 70.0 Å². The first kappa shape index (κ1) is 27.8. The summed E-state index contributed by atoms with van der Waals surface area (Å²) in [6, 6.07) is 18.6. The van der Waals surface area contributed by atoms with E-state index in [-0.39, 0.29) is 36.9 Å². The number of H-pyrrole nitrogens is 2. The largest absolute Gasteiger partial charge is 0.471 e. The summed E-state index contributed by atoms with van der Waals surface area (Å²) in [5, 5.41) is 17.6. The number of fused-ring (bicyclic) bond motifs is 2. The molecule has 17 nitrogen and oxygen atoms in total. The molecule has 0 unspecified atom stereocenters. The molecule has 6 rings (SSSR count). The Balaban J connectivity index is 1.12. The Morgan fingerprint density at radius 1 is 0.682 bits per heavy atom. The van der Waals surface area contributed by atoms with Crippen LogP contribution in [0.1, 0.15) is 11.1 Å². The number of aromatic nitrogens is 8. The monoisotopic (exact) mass is 592 g/mol. The van der Waals surface area contributed by atoms with Crippen LogP contribution in [-0.2, 0) is 13.2 Å².